The molecule has 2 rings (SSSR count). The summed E-state index contributed by atoms with van der Waals surface area (Å²) in [5.41, 5.74) is 6.73. The number of amides is 1. The molecule has 24 heavy (non-hydrogen) atoms. The van der Waals surface area contributed by atoms with Gasteiger partial charge in [-0.1, -0.05) is 23.2 Å². The molecule has 1 heterocycles. The van der Waals surface area contributed by atoms with Crippen molar-refractivity contribution < 1.29 is 9.53 Å². The molecule has 0 atom stereocenters. The van der Waals surface area contributed by atoms with Gasteiger partial charge in [-0.15, -0.1) is 0 Å². The summed E-state index contributed by atoms with van der Waals surface area (Å²) in [6.07, 6.45) is 0. The van der Waals surface area contributed by atoms with Crippen LogP contribution in [0.2, 0.25) is 10.3 Å². The van der Waals surface area contributed by atoms with E-state index in [0.29, 0.717) is 22.4 Å². The summed E-state index contributed by atoms with van der Waals surface area (Å²) in [7, 11) is 3.16. The molecular formula is C15H14Cl2N4O2S. The summed E-state index contributed by atoms with van der Waals surface area (Å²) in [6.45, 7) is 0. The van der Waals surface area contributed by atoms with Crippen LogP contribution in [-0.2, 0) is 0 Å². The molecule has 0 unspecified atom stereocenters. The van der Waals surface area contributed by atoms with Crippen LogP contribution in [0.15, 0.2) is 30.3 Å². The van der Waals surface area contributed by atoms with Crippen LogP contribution >= 0.6 is 35.4 Å². The molecule has 3 N–H and O–H groups in total. The molecule has 6 nitrogen and oxygen atoms in total. The molecular weight excluding hydrogens is 371 g/mol. The number of carbonyl (C=O) groups excluding carboxylic acids is 1. The van der Waals surface area contributed by atoms with Crippen LogP contribution in [0.1, 0.15) is 10.4 Å². The maximum Gasteiger partial charge on any atom is 0.270 e. The van der Waals surface area contributed by atoms with Gasteiger partial charge in [-0.2, -0.15) is 0 Å². The first-order valence-electron chi connectivity index (χ1n) is 6.74. The molecule has 0 aliphatic rings. The highest BCUT2D eigenvalue weighted by molar-refractivity contribution is 7.80. The quantitative estimate of drug-likeness (QED) is 0.429. The van der Waals surface area contributed by atoms with Crippen molar-refractivity contribution in [3.63, 3.8) is 0 Å². The number of thiocarbonyl (C=S) groups is 1. The fourth-order valence-corrected chi connectivity index (χ4v) is 2.47. The number of pyridine rings is 1. The molecule has 0 spiro atoms. The Bertz CT molecular complexity index is 766. The summed E-state index contributed by atoms with van der Waals surface area (Å²) in [5, 5.41) is 3.44. The normalized spacial score (nSPS) is 10.0. The lowest BCUT2D eigenvalue weighted by molar-refractivity contribution is 0.0944. The topological polar surface area (TPSA) is 75.3 Å². The highest BCUT2D eigenvalue weighted by Crippen LogP contribution is 2.30. The highest BCUT2D eigenvalue weighted by atomic mass is 35.5. The molecule has 0 aliphatic heterocycles. The van der Waals surface area contributed by atoms with Crippen LogP contribution in [0.3, 0.4) is 0 Å². The molecule has 9 heteroatoms. The Morgan fingerprint density at radius 1 is 1.17 bits per heavy atom. The molecule has 1 aromatic heterocycles. The van der Waals surface area contributed by atoms with Crippen LogP contribution in [0.5, 0.6) is 5.75 Å². The second-order valence-corrected chi connectivity index (χ2v) is 5.75. The van der Waals surface area contributed by atoms with Crippen LogP contribution in [0, 0.1) is 0 Å². The van der Waals surface area contributed by atoms with Crippen molar-refractivity contribution in [3.05, 3.63) is 46.2 Å². The maximum atomic E-state index is 12.5. The van der Waals surface area contributed by atoms with Gasteiger partial charge >= 0.3 is 0 Å². The number of methoxy groups -OCH3 is 1. The van der Waals surface area contributed by atoms with E-state index >= 15 is 0 Å². The van der Waals surface area contributed by atoms with Gasteiger partial charge in [-0.3, -0.25) is 15.6 Å². The smallest absolute Gasteiger partial charge is 0.270 e. The van der Waals surface area contributed by atoms with Crippen LogP contribution in [-0.4, -0.2) is 30.2 Å². The number of nitrogens with one attached hydrogen (secondary N) is 3. The minimum absolute atomic E-state index is 0.231. The third-order valence-electron chi connectivity index (χ3n) is 3.06. The second kappa shape index (κ2) is 8.14. The predicted molar refractivity (Wildman–Crippen MR) is 98.5 cm³/mol. The van der Waals surface area contributed by atoms with E-state index in [1.54, 1.807) is 37.4 Å². The third kappa shape index (κ3) is 4.47. The standard InChI is InChI=1S/C15H14Cl2N4O2S/c1-18-15(24)21-20-14(22)11-7-9(23-2)3-4-10(11)8-5-12(16)19-13(17)6-8/h3-7H,1-2H3,(H,20,22)(H2,18,21,24). The minimum Gasteiger partial charge on any atom is -0.497 e. The summed E-state index contributed by atoms with van der Waals surface area (Å²) < 4.78 is 5.19. The van der Waals surface area contributed by atoms with E-state index in [0.717, 1.165) is 0 Å². The van der Waals surface area contributed by atoms with Crippen LogP contribution in [0.4, 0.5) is 0 Å². The molecule has 0 saturated heterocycles. The Balaban J connectivity index is 2.44. The average molecular weight is 385 g/mol. The highest BCUT2D eigenvalue weighted by Gasteiger charge is 2.15. The van der Waals surface area contributed by atoms with E-state index in [-0.39, 0.29) is 15.4 Å². The van der Waals surface area contributed by atoms with Gasteiger partial charge in [0.2, 0.25) is 0 Å². The summed E-state index contributed by atoms with van der Waals surface area (Å²) >= 11 is 16.8. The largest absolute Gasteiger partial charge is 0.497 e. The zero-order valence-corrected chi connectivity index (χ0v) is 15.1. The number of nitrogens with zero attached hydrogens (tertiary/aromatic N) is 1. The van der Waals surface area contributed by atoms with Crippen molar-refractivity contribution in [1.29, 1.82) is 0 Å². The van der Waals surface area contributed by atoms with Gasteiger partial charge in [0.05, 0.1) is 12.7 Å². The fraction of sp³-hybridized carbons (Fsp3) is 0.133. The summed E-state index contributed by atoms with van der Waals surface area (Å²) in [4.78, 5) is 16.4. The van der Waals surface area contributed by atoms with Crippen LogP contribution in [0.25, 0.3) is 11.1 Å². The predicted octanol–water partition coefficient (Wildman–Crippen LogP) is 2.80. The number of hydrazine groups is 1. The second-order valence-electron chi connectivity index (χ2n) is 4.57. The van der Waals surface area contributed by atoms with E-state index in [1.807, 2.05) is 0 Å². The van der Waals surface area contributed by atoms with E-state index < -0.39 is 5.91 Å². The molecule has 1 aromatic carbocycles. The monoisotopic (exact) mass is 384 g/mol. The number of rotatable bonds is 3. The van der Waals surface area contributed by atoms with Gasteiger partial charge in [0.25, 0.3) is 5.91 Å². The van der Waals surface area contributed by atoms with Gasteiger partial charge < -0.3 is 10.1 Å². The van der Waals surface area contributed by atoms with E-state index in [1.165, 1.54) is 7.11 Å². The van der Waals surface area contributed by atoms with Gasteiger partial charge in [0.15, 0.2) is 5.11 Å². The van der Waals surface area contributed by atoms with Gasteiger partial charge in [0, 0.05) is 7.05 Å². The number of hydrogen-bond donors (Lipinski definition) is 3. The Hall–Kier alpha value is -2.09. The van der Waals surface area contributed by atoms with E-state index in [9.17, 15) is 4.79 Å². The maximum absolute atomic E-state index is 12.5. The third-order valence-corrected chi connectivity index (χ3v) is 3.76. The number of hydrogen-bond acceptors (Lipinski definition) is 4. The summed E-state index contributed by atoms with van der Waals surface area (Å²) in [6, 6.07) is 8.33. The average Bonchev–Trinajstić information content (AvgIpc) is 2.57. The molecule has 1 amide bonds. The molecule has 0 bridgehead atoms. The van der Waals surface area contributed by atoms with Crippen molar-refractivity contribution in [2.75, 3.05) is 14.2 Å². The zero-order chi connectivity index (χ0) is 17.7. The van der Waals surface area contributed by atoms with Crippen molar-refractivity contribution >= 4 is 46.4 Å². The Kier molecular flexibility index (Phi) is 6.19. The first-order valence-corrected chi connectivity index (χ1v) is 7.90. The number of benzene rings is 1. The first kappa shape index (κ1) is 18.3. The summed E-state index contributed by atoms with van der Waals surface area (Å²) in [5.74, 6) is 0.136. The Morgan fingerprint density at radius 2 is 1.83 bits per heavy atom. The first-order chi connectivity index (χ1) is 11.4. The van der Waals surface area contributed by atoms with E-state index in [4.69, 9.17) is 40.2 Å². The molecule has 0 saturated carbocycles. The number of carbonyl (C=O) groups is 1. The molecule has 2 aromatic rings. The molecule has 0 aliphatic carbocycles. The number of halogens is 2. The van der Waals surface area contributed by atoms with Gasteiger partial charge in [0.1, 0.15) is 16.1 Å². The minimum atomic E-state index is -0.398. The Labute approximate surface area is 154 Å². The number of ether oxygens (including phenoxy) is 1. The SMILES string of the molecule is CNC(=S)NNC(=O)c1cc(OC)ccc1-c1cc(Cl)nc(Cl)c1. The molecule has 0 radical (unpaired) electrons. The van der Waals surface area contributed by atoms with Crippen molar-refractivity contribution in [3.8, 4) is 16.9 Å². The van der Waals surface area contributed by atoms with Crippen molar-refractivity contribution in [1.82, 2.24) is 21.2 Å². The fourth-order valence-electron chi connectivity index (χ4n) is 1.95. The van der Waals surface area contributed by atoms with E-state index in [2.05, 4.69) is 21.2 Å². The number of aromatic nitrogens is 1. The zero-order valence-electron chi connectivity index (χ0n) is 12.8. The lowest BCUT2D eigenvalue weighted by Crippen LogP contribution is -2.45. The van der Waals surface area contributed by atoms with Crippen molar-refractivity contribution in [2.45, 2.75) is 0 Å². The lowest BCUT2D eigenvalue weighted by atomic mass is 10.00. The van der Waals surface area contributed by atoms with Crippen molar-refractivity contribution in [2.24, 2.45) is 0 Å². The molecule has 0 fully saturated rings. The Morgan fingerprint density at radius 3 is 2.42 bits per heavy atom. The molecule has 126 valence electrons. The lowest BCUT2D eigenvalue weighted by Gasteiger charge is -2.14. The van der Waals surface area contributed by atoms with Crippen LogP contribution < -0.4 is 20.9 Å². The van der Waals surface area contributed by atoms with Gasteiger partial charge in [-0.05, 0) is 53.7 Å². The van der Waals surface area contributed by atoms with Gasteiger partial charge in [-0.25, -0.2) is 4.98 Å².